The van der Waals surface area contributed by atoms with Crippen molar-refractivity contribution >= 4 is 11.9 Å². The molecule has 0 saturated heterocycles. The van der Waals surface area contributed by atoms with E-state index in [1.165, 1.54) is 7.11 Å². The molecule has 3 rings (SSSR count). The van der Waals surface area contributed by atoms with Crippen molar-refractivity contribution in [1.82, 2.24) is 0 Å². The molecule has 5 heteroatoms. The second-order valence-electron chi connectivity index (χ2n) is 5.62. The van der Waals surface area contributed by atoms with Crippen LogP contribution in [0.3, 0.4) is 0 Å². The minimum atomic E-state index is -0.392. The molecule has 2 aromatic rings. The van der Waals surface area contributed by atoms with Crippen molar-refractivity contribution in [1.29, 1.82) is 0 Å². The second kappa shape index (κ2) is 7.17. The number of hydrogen-bond donors (Lipinski definition) is 0. The van der Waals surface area contributed by atoms with Crippen molar-refractivity contribution in [2.45, 2.75) is 13.0 Å². The maximum atomic E-state index is 12.2. The number of ether oxygens (including phenoxy) is 3. The standard InChI is InChI=1S/C19H18O5/c1-22-18(20)14-8-6-13(7-9-14)11-24-19(21)16-10-15-4-2-3-5-17(15)23-12-16/h2-9,16H,10-12H2,1H3. The van der Waals surface area contributed by atoms with Crippen LogP contribution in [0.4, 0.5) is 0 Å². The Bertz CT molecular complexity index is 736. The van der Waals surface area contributed by atoms with Crippen LogP contribution in [0.2, 0.25) is 0 Å². The van der Waals surface area contributed by atoms with Crippen LogP contribution in [0, 0.1) is 5.92 Å². The van der Waals surface area contributed by atoms with Crippen LogP contribution in [0.25, 0.3) is 0 Å². The first kappa shape index (κ1) is 16.1. The zero-order chi connectivity index (χ0) is 16.9. The quantitative estimate of drug-likeness (QED) is 0.809. The molecule has 0 bridgehead atoms. The highest BCUT2D eigenvalue weighted by molar-refractivity contribution is 5.89. The molecule has 0 spiro atoms. The van der Waals surface area contributed by atoms with E-state index >= 15 is 0 Å². The molecule has 0 aromatic heterocycles. The first-order chi connectivity index (χ1) is 11.7. The van der Waals surface area contributed by atoms with Gasteiger partial charge in [-0.1, -0.05) is 30.3 Å². The molecule has 0 saturated carbocycles. The maximum Gasteiger partial charge on any atom is 0.337 e. The largest absolute Gasteiger partial charge is 0.492 e. The van der Waals surface area contributed by atoms with Gasteiger partial charge in [0, 0.05) is 0 Å². The summed E-state index contributed by atoms with van der Waals surface area (Å²) in [6, 6.07) is 14.5. The van der Waals surface area contributed by atoms with Gasteiger partial charge < -0.3 is 14.2 Å². The number of esters is 2. The van der Waals surface area contributed by atoms with Gasteiger partial charge in [-0.15, -0.1) is 0 Å². The van der Waals surface area contributed by atoms with Gasteiger partial charge in [-0.25, -0.2) is 4.79 Å². The lowest BCUT2D eigenvalue weighted by Gasteiger charge is -2.23. The fourth-order valence-electron chi connectivity index (χ4n) is 2.61. The van der Waals surface area contributed by atoms with Crippen molar-refractivity contribution in [3.05, 3.63) is 65.2 Å². The molecule has 24 heavy (non-hydrogen) atoms. The van der Waals surface area contributed by atoms with Gasteiger partial charge in [-0.05, 0) is 35.7 Å². The fraction of sp³-hybridized carbons (Fsp3) is 0.263. The Labute approximate surface area is 140 Å². The number of rotatable bonds is 4. The van der Waals surface area contributed by atoms with Crippen LogP contribution in [0.1, 0.15) is 21.5 Å². The third kappa shape index (κ3) is 3.56. The summed E-state index contributed by atoms with van der Waals surface area (Å²) in [7, 11) is 1.34. The molecular formula is C19H18O5. The fourth-order valence-corrected chi connectivity index (χ4v) is 2.61. The lowest BCUT2D eigenvalue weighted by Crippen LogP contribution is -2.29. The van der Waals surface area contributed by atoms with E-state index < -0.39 is 5.97 Å². The van der Waals surface area contributed by atoms with Crippen LogP contribution in [0.5, 0.6) is 5.75 Å². The van der Waals surface area contributed by atoms with Crippen molar-refractivity contribution in [2.75, 3.05) is 13.7 Å². The van der Waals surface area contributed by atoms with E-state index in [0.29, 0.717) is 18.6 Å². The zero-order valence-electron chi connectivity index (χ0n) is 13.4. The number of carbonyl (C=O) groups excluding carboxylic acids is 2. The summed E-state index contributed by atoms with van der Waals surface area (Å²) < 4.78 is 15.6. The van der Waals surface area contributed by atoms with E-state index in [1.54, 1.807) is 24.3 Å². The van der Waals surface area contributed by atoms with Crippen molar-refractivity contribution in [2.24, 2.45) is 5.92 Å². The Balaban J connectivity index is 1.55. The molecule has 1 atom stereocenters. The van der Waals surface area contributed by atoms with E-state index in [0.717, 1.165) is 16.9 Å². The average molecular weight is 326 g/mol. The van der Waals surface area contributed by atoms with Gasteiger partial charge in [-0.3, -0.25) is 4.79 Å². The Kier molecular flexibility index (Phi) is 4.79. The van der Waals surface area contributed by atoms with Crippen LogP contribution >= 0.6 is 0 Å². The molecule has 1 aliphatic rings. The molecular weight excluding hydrogens is 308 g/mol. The highest BCUT2D eigenvalue weighted by Gasteiger charge is 2.27. The topological polar surface area (TPSA) is 61.8 Å². The highest BCUT2D eigenvalue weighted by Crippen LogP contribution is 2.27. The van der Waals surface area contributed by atoms with E-state index in [1.807, 2.05) is 24.3 Å². The Morgan fingerprint density at radius 2 is 1.88 bits per heavy atom. The van der Waals surface area contributed by atoms with Crippen LogP contribution in [0.15, 0.2) is 48.5 Å². The highest BCUT2D eigenvalue weighted by atomic mass is 16.5. The van der Waals surface area contributed by atoms with E-state index in [2.05, 4.69) is 4.74 Å². The molecule has 5 nitrogen and oxygen atoms in total. The SMILES string of the molecule is COC(=O)c1ccc(COC(=O)C2COc3ccccc3C2)cc1. The molecule has 0 N–H and O–H groups in total. The van der Waals surface area contributed by atoms with Gasteiger partial charge in [0.2, 0.25) is 0 Å². The predicted octanol–water partition coefficient (Wildman–Crippen LogP) is 2.77. The lowest BCUT2D eigenvalue weighted by atomic mass is 9.97. The Morgan fingerprint density at radius 3 is 2.62 bits per heavy atom. The molecule has 0 aliphatic carbocycles. The normalized spacial score (nSPS) is 15.8. The number of para-hydroxylation sites is 1. The summed E-state index contributed by atoms with van der Waals surface area (Å²) in [6.45, 7) is 0.496. The number of fused-ring (bicyclic) bond motifs is 1. The van der Waals surface area contributed by atoms with Crippen molar-refractivity contribution in [3.63, 3.8) is 0 Å². The third-order valence-corrected chi connectivity index (χ3v) is 3.97. The number of carbonyl (C=O) groups is 2. The summed E-state index contributed by atoms with van der Waals surface area (Å²) in [6.07, 6.45) is 0.621. The minimum absolute atomic E-state index is 0.165. The van der Waals surface area contributed by atoms with Gasteiger partial charge in [0.05, 0.1) is 18.6 Å². The first-order valence-corrected chi connectivity index (χ1v) is 7.72. The summed E-state index contributed by atoms with van der Waals surface area (Å²) >= 11 is 0. The smallest absolute Gasteiger partial charge is 0.337 e. The zero-order valence-corrected chi connectivity index (χ0v) is 13.4. The van der Waals surface area contributed by atoms with E-state index in [-0.39, 0.29) is 18.5 Å². The predicted molar refractivity (Wildman–Crippen MR) is 86.7 cm³/mol. The van der Waals surface area contributed by atoms with Crippen LogP contribution in [-0.4, -0.2) is 25.7 Å². The molecule has 1 heterocycles. The third-order valence-electron chi connectivity index (χ3n) is 3.97. The maximum absolute atomic E-state index is 12.2. The number of methoxy groups -OCH3 is 1. The molecule has 1 aliphatic heterocycles. The van der Waals surface area contributed by atoms with Gasteiger partial charge >= 0.3 is 11.9 Å². The molecule has 0 fully saturated rings. The number of benzene rings is 2. The molecule has 2 aromatic carbocycles. The molecule has 0 amide bonds. The summed E-state index contributed by atoms with van der Waals surface area (Å²) in [5.74, 6) is -0.132. The van der Waals surface area contributed by atoms with Crippen molar-refractivity contribution < 1.29 is 23.8 Å². The van der Waals surface area contributed by atoms with Crippen molar-refractivity contribution in [3.8, 4) is 5.75 Å². The molecule has 124 valence electrons. The van der Waals surface area contributed by atoms with E-state index in [9.17, 15) is 9.59 Å². The summed E-state index contributed by atoms with van der Waals surface area (Å²) in [4.78, 5) is 23.6. The Hall–Kier alpha value is -2.82. The van der Waals surface area contributed by atoms with Gasteiger partial charge in [-0.2, -0.15) is 0 Å². The van der Waals surface area contributed by atoms with Gasteiger partial charge in [0.1, 0.15) is 19.0 Å². The summed E-state index contributed by atoms with van der Waals surface area (Å²) in [5, 5.41) is 0. The second-order valence-corrected chi connectivity index (χ2v) is 5.62. The van der Waals surface area contributed by atoms with Gasteiger partial charge in [0.15, 0.2) is 0 Å². The van der Waals surface area contributed by atoms with Crippen LogP contribution in [-0.2, 0) is 27.3 Å². The summed E-state index contributed by atoms with van der Waals surface area (Å²) in [5.41, 5.74) is 2.30. The monoisotopic (exact) mass is 326 g/mol. The van der Waals surface area contributed by atoms with Gasteiger partial charge in [0.25, 0.3) is 0 Å². The Morgan fingerprint density at radius 1 is 1.12 bits per heavy atom. The molecule has 0 radical (unpaired) electrons. The average Bonchev–Trinajstić information content (AvgIpc) is 2.65. The lowest BCUT2D eigenvalue weighted by molar-refractivity contribution is -0.151. The number of hydrogen-bond acceptors (Lipinski definition) is 5. The minimum Gasteiger partial charge on any atom is -0.492 e. The van der Waals surface area contributed by atoms with Crippen LogP contribution < -0.4 is 4.74 Å². The first-order valence-electron chi connectivity index (χ1n) is 7.72. The molecule has 1 unspecified atom stereocenters. The van der Waals surface area contributed by atoms with E-state index in [4.69, 9.17) is 9.47 Å².